The van der Waals surface area contributed by atoms with Crippen LogP contribution in [0.4, 0.5) is 13.2 Å². The molecule has 1 saturated heterocycles. The van der Waals surface area contributed by atoms with E-state index in [1.807, 2.05) is 0 Å². The minimum atomic E-state index is -5.08. The van der Waals surface area contributed by atoms with Crippen molar-refractivity contribution in [3.8, 4) is 5.75 Å². The van der Waals surface area contributed by atoms with Crippen LogP contribution in [0.2, 0.25) is 0 Å². The lowest BCUT2D eigenvalue weighted by Crippen LogP contribution is -2.59. The van der Waals surface area contributed by atoms with E-state index in [0.717, 1.165) is 27.8 Å². The quantitative estimate of drug-likeness (QED) is 0.460. The third-order valence-electron chi connectivity index (χ3n) is 6.02. The fourth-order valence-corrected chi connectivity index (χ4v) is 6.63. The van der Waals surface area contributed by atoms with Crippen molar-refractivity contribution < 1.29 is 28.2 Å². The van der Waals surface area contributed by atoms with Gasteiger partial charge in [0, 0.05) is 11.5 Å². The molecule has 0 aromatic heterocycles. The van der Waals surface area contributed by atoms with Crippen LogP contribution >= 0.6 is 31.9 Å². The Balaban J connectivity index is 0.000000260. The molecule has 1 saturated carbocycles. The number of aliphatic carboxylic acids is 1. The van der Waals surface area contributed by atoms with Crippen LogP contribution in [0.15, 0.2) is 15.0 Å². The Morgan fingerprint density at radius 1 is 1.26 bits per heavy atom. The summed E-state index contributed by atoms with van der Waals surface area (Å²) in [5, 5.41) is 21.2. The van der Waals surface area contributed by atoms with Gasteiger partial charge in [0.2, 0.25) is 0 Å². The summed E-state index contributed by atoms with van der Waals surface area (Å²) in [5.41, 5.74) is 3.12. The first-order valence-corrected chi connectivity index (χ1v) is 10.4. The van der Waals surface area contributed by atoms with Crippen molar-refractivity contribution in [2.75, 3.05) is 6.54 Å². The summed E-state index contributed by atoms with van der Waals surface area (Å²) in [6, 6.07) is 2.77. The highest BCUT2D eigenvalue weighted by Crippen LogP contribution is 2.57. The number of carboxylic acids is 1. The van der Waals surface area contributed by atoms with Crippen LogP contribution in [0.3, 0.4) is 0 Å². The maximum absolute atomic E-state index is 10.6. The minimum Gasteiger partial charge on any atom is -0.506 e. The molecule has 1 aromatic rings. The van der Waals surface area contributed by atoms with Crippen LogP contribution in [0.5, 0.6) is 5.75 Å². The van der Waals surface area contributed by atoms with E-state index >= 15 is 0 Å². The molecule has 0 spiro atoms. The van der Waals surface area contributed by atoms with Crippen molar-refractivity contribution in [2.45, 2.75) is 56.2 Å². The second-order valence-corrected chi connectivity index (χ2v) is 9.03. The monoisotopic (exact) mass is 513 g/mol. The number of piperidine rings is 1. The lowest BCUT2D eigenvalue weighted by Gasteiger charge is -2.56. The number of alkyl halides is 3. The summed E-state index contributed by atoms with van der Waals surface area (Å²) in [5.74, 6) is -1.64. The van der Waals surface area contributed by atoms with E-state index in [9.17, 15) is 18.3 Å². The van der Waals surface area contributed by atoms with Gasteiger partial charge in [-0.2, -0.15) is 13.2 Å². The van der Waals surface area contributed by atoms with Crippen molar-refractivity contribution in [1.82, 2.24) is 5.32 Å². The normalized spacial score (nSPS) is 29.1. The molecule has 27 heavy (non-hydrogen) atoms. The molecule has 1 heterocycles. The molecule has 0 unspecified atom stereocenters. The van der Waals surface area contributed by atoms with Crippen molar-refractivity contribution in [3.63, 3.8) is 0 Å². The van der Waals surface area contributed by atoms with E-state index < -0.39 is 12.1 Å². The van der Waals surface area contributed by atoms with E-state index in [0.29, 0.717) is 17.2 Å². The van der Waals surface area contributed by atoms with E-state index in [4.69, 9.17) is 9.90 Å². The number of halogens is 5. The lowest BCUT2D eigenvalue weighted by atomic mass is 9.53. The standard InChI is InChI=1S/C16H19Br2NO.C2HF3O2/c17-11-7-9-8-12-10-3-1-2-4-16(10,5-6-19-12)13(9)14(18)15(11)20;3-2(4,5)1(6)7/h7,10,12,19-20H,1-6,8H2;(H,6,7)/t10-,12+,16+;/m0./s1. The Bertz CT molecular complexity index is 752. The van der Waals surface area contributed by atoms with Crippen molar-refractivity contribution >= 4 is 37.8 Å². The van der Waals surface area contributed by atoms with Crippen molar-refractivity contribution in [1.29, 1.82) is 0 Å². The van der Waals surface area contributed by atoms with Crippen LogP contribution in [0.1, 0.15) is 43.2 Å². The number of nitrogens with one attached hydrogen (secondary N) is 1. The van der Waals surface area contributed by atoms with Gasteiger partial charge in [0.15, 0.2) is 0 Å². The molecule has 4 nitrogen and oxygen atoms in total. The number of phenols is 1. The van der Waals surface area contributed by atoms with Gasteiger partial charge in [-0.25, -0.2) is 4.79 Å². The third-order valence-corrected chi connectivity index (χ3v) is 7.39. The molecule has 1 aromatic carbocycles. The van der Waals surface area contributed by atoms with Crippen LogP contribution in [-0.4, -0.2) is 34.9 Å². The number of hydrogen-bond acceptors (Lipinski definition) is 3. The highest BCUT2D eigenvalue weighted by molar-refractivity contribution is 9.11. The Labute approximate surface area is 171 Å². The van der Waals surface area contributed by atoms with Crippen molar-refractivity contribution in [3.05, 3.63) is 26.1 Å². The SMILES string of the molecule is O=C(O)C(F)(F)F.Oc1c(Br)cc2c(c1Br)[C@@]13CCCC[C@H]1[C@@H](C2)NCC3. The fourth-order valence-electron chi connectivity index (χ4n) is 5.03. The van der Waals surface area contributed by atoms with E-state index in [-0.39, 0.29) is 0 Å². The molecular formula is C18H20Br2F3NO3. The number of benzene rings is 1. The highest BCUT2D eigenvalue weighted by atomic mass is 79.9. The molecule has 0 radical (unpaired) electrons. The predicted molar refractivity (Wildman–Crippen MR) is 101 cm³/mol. The molecule has 2 fully saturated rings. The summed E-state index contributed by atoms with van der Waals surface area (Å²) in [7, 11) is 0. The molecule has 4 rings (SSSR count). The summed E-state index contributed by atoms with van der Waals surface area (Å²) >= 11 is 7.19. The highest BCUT2D eigenvalue weighted by Gasteiger charge is 2.52. The number of carbonyl (C=O) groups is 1. The third kappa shape index (κ3) is 3.74. The Morgan fingerprint density at radius 3 is 2.56 bits per heavy atom. The summed E-state index contributed by atoms with van der Waals surface area (Å²) in [6.07, 6.45) is 2.52. The summed E-state index contributed by atoms with van der Waals surface area (Å²) in [6.45, 7) is 1.11. The number of hydrogen-bond donors (Lipinski definition) is 3. The van der Waals surface area contributed by atoms with Gasteiger partial charge in [-0.05, 0) is 87.2 Å². The van der Waals surface area contributed by atoms with Gasteiger partial charge in [-0.1, -0.05) is 12.8 Å². The van der Waals surface area contributed by atoms with Crippen LogP contribution in [0.25, 0.3) is 0 Å². The molecule has 150 valence electrons. The van der Waals surface area contributed by atoms with E-state index in [2.05, 4.69) is 43.2 Å². The fraction of sp³-hybridized carbons (Fsp3) is 0.611. The number of aromatic hydroxyl groups is 1. The van der Waals surface area contributed by atoms with Crippen LogP contribution in [0, 0.1) is 5.92 Å². The first kappa shape index (κ1) is 20.9. The number of rotatable bonds is 0. The topological polar surface area (TPSA) is 69.6 Å². The van der Waals surface area contributed by atoms with Gasteiger partial charge in [0.25, 0.3) is 0 Å². The zero-order chi connectivity index (χ0) is 20.0. The minimum absolute atomic E-state index is 0.290. The van der Waals surface area contributed by atoms with Crippen LogP contribution < -0.4 is 5.32 Å². The zero-order valence-electron chi connectivity index (χ0n) is 14.4. The van der Waals surface area contributed by atoms with E-state index in [1.54, 1.807) is 0 Å². The molecular weight excluding hydrogens is 495 g/mol. The summed E-state index contributed by atoms with van der Waals surface area (Å²) < 4.78 is 33.5. The second-order valence-electron chi connectivity index (χ2n) is 7.38. The smallest absolute Gasteiger partial charge is 0.490 e. The predicted octanol–water partition coefficient (Wildman–Crippen LogP) is 4.90. The molecule has 2 bridgehead atoms. The zero-order valence-corrected chi connectivity index (χ0v) is 17.5. The molecule has 9 heteroatoms. The first-order valence-electron chi connectivity index (χ1n) is 8.81. The van der Waals surface area contributed by atoms with Gasteiger partial charge in [0.1, 0.15) is 5.75 Å². The summed E-state index contributed by atoms with van der Waals surface area (Å²) in [4.78, 5) is 8.90. The molecule has 2 aliphatic carbocycles. The molecule has 0 amide bonds. The average Bonchev–Trinajstić information content (AvgIpc) is 2.59. The second kappa shape index (κ2) is 7.55. The lowest BCUT2D eigenvalue weighted by molar-refractivity contribution is -0.192. The molecule has 3 atom stereocenters. The Kier molecular flexibility index (Phi) is 5.85. The maximum Gasteiger partial charge on any atom is 0.490 e. The van der Waals surface area contributed by atoms with Gasteiger partial charge < -0.3 is 15.5 Å². The van der Waals surface area contributed by atoms with Crippen LogP contribution in [-0.2, 0) is 16.6 Å². The maximum atomic E-state index is 10.6. The average molecular weight is 515 g/mol. The Morgan fingerprint density at radius 2 is 1.93 bits per heavy atom. The largest absolute Gasteiger partial charge is 0.506 e. The van der Waals surface area contributed by atoms with Gasteiger partial charge >= 0.3 is 12.1 Å². The molecule has 1 aliphatic heterocycles. The molecule has 3 aliphatic rings. The number of phenolic OH excluding ortho intramolecular Hbond substituents is 1. The number of carboxylic acid groups (broad SMARTS) is 1. The number of fused-ring (bicyclic) bond motifs is 1. The van der Waals surface area contributed by atoms with Crippen molar-refractivity contribution in [2.24, 2.45) is 5.92 Å². The van der Waals surface area contributed by atoms with Gasteiger partial charge in [-0.15, -0.1) is 0 Å². The molecule has 3 N–H and O–H groups in total. The van der Waals surface area contributed by atoms with Gasteiger partial charge in [-0.3, -0.25) is 0 Å². The van der Waals surface area contributed by atoms with Gasteiger partial charge in [0.05, 0.1) is 8.95 Å². The van der Waals surface area contributed by atoms with E-state index in [1.165, 1.54) is 43.2 Å². The Hall–Kier alpha value is -0.800. The first-order chi connectivity index (χ1) is 12.6.